The Labute approximate surface area is 110 Å². The van der Waals surface area contributed by atoms with Crippen LogP contribution in [-0.4, -0.2) is 11.7 Å². The lowest BCUT2D eigenvalue weighted by atomic mass is 9.89. The molecule has 0 amide bonds. The predicted octanol–water partition coefficient (Wildman–Crippen LogP) is 3.71. The van der Waals surface area contributed by atoms with Gasteiger partial charge in [-0.1, -0.05) is 37.0 Å². The maximum Gasteiger partial charge on any atom is 0.100 e. The second-order valence-corrected chi connectivity index (χ2v) is 6.64. The summed E-state index contributed by atoms with van der Waals surface area (Å²) >= 11 is 13.1. The van der Waals surface area contributed by atoms with Crippen LogP contribution >= 0.6 is 34.5 Å². The number of thiophene rings is 1. The van der Waals surface area contributed by atoms with Crippen molar-refractivity contribution in [2.24, 2.45) is 17.6 Å². The Morgan fingerprint density at radius 3 is 2.44 bits per heavy atom. The van der Waals surface area contributed by atoms with Crippen LogP contribution in [0.3, 0.4) is 0 Å². The van der Waals surface area contributed by atoms with Gasteiger partial charge in [0.15, 0.2) is 0 Å². The molecular weight excluding hydrogens is 265 g/mol. The smallest absolute Gasteiger partial charge is 0.100 e. The van der Waals surface area contributed by atoms with Crippen molar-refractivity contribution in [2.75, 3.05) is 6.54 Å². The summed E-state index contributed by atoms with van der Waals surface area (Å²) in [5.74, 6) is 0.527. The zero-order chi connectivity index (χ0) is 12.3. The van der Waals surface area contributed by atoms with Crippen molar-refractivity contribution in [2.45, 2.75) is 26.4 Å². The van der Waals surface area contributed by atoms with Crippen molar-refractivity contribution < 1.29 is 5.11 Å². The minimum atomic E-state index is -0.622. The van der Waals surface area contributed by atoms with E-state index < -0.39 is 6.10 Å². The molecule has 2 nitrogen and oxygen atoms in total. The van der Waals surface area contributed by atoms with Gasteiger partial charge in [0.05, 0.1) is 10.4 Å². The van der Waals surface area contributed by atoms with Crippen LogP contribution in [0.4, 0.5) is 0 Å². The first-order chi connectivity index (χ1) is 7.45. The van der Waals surface area contributed by atoms with Gasteiger partial charge >= 0.3 is 0 Å². The van der Waals surface area contributed by atoms with Gasteiger partial charge in [0.2, 0.25) is 0 Å². The standard InChI is InChI=1S/C11H17Cl2NOS/c1-6(2)3-7(5-14)10(15)8-4-9(12)16-11(8)13/h4,6-7,10,15H,3,5,14H2,1-2H3. The molecule has 0 saturated carbocycles. The van der Waals surface area contributed by atoms with Crippen LogP contribution in [0.25, 0.3) is 0 Å². The highest BCUT2D eigenvalue weighted by Gasteiger charge is 2.24. The predicted molar refractivity (Wildman–Crippen MR) is 71.3 cm³/mol. The van der Waals surface area contributed by atoms with Crippen molar-refractivity contribution in [3.8, 4) is 0 Å². The van der Waals surface area contributed by atoms with E-state index in [0.717, 1.165) is 6.42 Å². The van der Waals surface area contributed by atoms with E-state index in [1.54, 1.807) is 6.07 Å². The molecule has 0 aliphatic carbocycles. The van der Waals surface area contributed by atoms with Crippen LogP contribution in [0.15, 0.2) is 6.07 Å². The number of aliphatic hydroxyl groups is 1. The summed E-state index contributed by atoms with van der Waals surface area (Å²) in [5.41, 5.74) is 6.39. The van der Waals surface area contributed by atoms with Crippen LogP contribution in [-0.2, 0) is 0 Å². The van der Waals surface area contributed by atoms with Crippen LogP contribution in [0, 0.1) is 11.8 Å². The molecule has 1 rings (SSSR count). The lowest BCUT2D eigenvalue weighted by molar-refractivity contribution is 0.0999. The molecule has 16 heavy (non-hydrogen) atoms. The third-order valence-corrected chi connectivity index (χ3v) is 4.04. The fourth-order valence-electron chi connectivity index (χ4n) is 1.77. The molecule has 0 radical (unpaired) electrons. The van der Waals surface area contributed by atoms with Crippen LogP contribution in [0.5, 0.6) is 0 Å². The summed E-state index contributed by atoms with van der Waals surface area (Å²) in [6.45, 7) is 4.66. The molecule has 1 aromatic heterocycles. The van der Waals surface area contributed by atoms with Gasteiger partial charge in [0.1, 0.15) is 4.34 Å². The average molecular weight is 282 g/mol. The molecule has 0 aliphatic rings. The lowest BCUT2D eigenvalue weighted by Crippen LogP contribution is -2.23. The van der Waals surface area contributed by atoms with Gasteiger partial charge in [-0.05, 0) is 24.9 Å². The molecule has 0 bridgehead atoms. The molecule has 0 aliphatic heterocycles. The monoisotopic (exact) mass is 281 g/mol. The topological polar surface area (TPSA) is 46.2 Å². The zero-order valence-electron chi connectivity index (χ0n) is 9.41. The maximum atomic E-state index is 10.2. The fraction of sp³-hybridized carbons (Fsp3) is 0.636. The van der Waals surface area contributed by atoms with Crippen molar-refractivity contribution in [3.63, 3.8) is 0 Å². The molecule has 3 N–H and O–H groups in total. The Kier molecular flexibility index (Phi) is 5.54. The third kappa shape index (κ3) is 3.60. The van der Waals surface area contributed by atoms with Crippen molar-refractivity contribution in [1.29, 1.82) is 0 Å². The van der Waals surface area contributed by atoms with E-state index in [2.05, 4.69) is 13.8 Å². The first-order valence-electron chi connectivity index (χ1n) is 5.28. The molecule has 2 atom stereocenters. The van der Waals surface area contributed by atoms with Gasteiger partial charge in [-0.15, -0.1) is 11.3 Å². The minimum absolute atomic E-state index is 0.0307. The molecule has 1 heterocycles. The van der Waals surface area contributed by atoms with E-state index in [9.17, 15) is 5.11 Å². The van der Waals surface area contributed by atoms with Crippen molar-refractivity contribution in [3.05, 3.63) is 20.3 Å². The largest absolute Gasteiger partial charge is 0.388 e. The number of rotatable bonds is 5. The van der Waals surface area contributed by atoms with Gasteiger partial charge in [0.25, 0.3) is 0 Å². The summed E-state index contributed by atoms with van der Waals surface area (Å²) < 4.78 is 1.15. The SMILES string of the molecule is CC(C)CC(CN)C(O)c1cc(Cl)sc1Cl. The van der Waals surface area contributed by atoms with Crippen molar-refractivity contribution in [1.82, 2.24) is 0 Å². The average Bonchev–Trinajstić information content (AvgIpc) is 2.53. The second kappa shape index (κ2) is 6.22. The normalized spacial score (nSPS) is 15.4. The molecule has 0 fully saturated rings. The summed E-state index contributed by atoms with van der Waals surface area (Å²) in [7, 11) is 0. The second-order valence-electron chi connectivity index (χ2n) is 4.35. The molecule has 0 spiro atoms. The highest BCUT2D eigenvalue weighted by atomic mass is 35.5. The Balaban J connectivity index is 2.82. The van der Waals surface area contributed by atoms with Gasteiger partial charge in [-0.2, -0.15) is 0 Å². The van der Waals surface area contributed by atoms with E-state index in [1.165, 1.54) is 11.3 Å². The Bertz CT molecular complexity index is 341. The molecule has 92 valence electrons. The first kappa shape index (κ1) is 14.3. The van der Waals surface area contributed by atoms with Gasteiger partial charge < -0.3 is 10.8 Å². The number of halogens is 2. The van der Waals surface area contributed by atoms with Crippen LogP contribution in [0.1, 0.15) is 31.9 Å². The number of nitrogens with two attached hydrogens (primary N) is 1. The molecule has 0 aromatic carbocycles. The van der Waals surface area contributed by atoms with E-state index in [4.69, 9.17) is 28.9 Å². The molecule has 5 heteroatoms. The quantitative estimate of drug-likeness (QED) is 0.864. The van der Waals surface area contributed by atoms with E-state index >= 15 is 0 Å². The lowest BCUT2D eigenvalue weighted by Gasteiger charge is -2.22. The summed E-state index contributed by atoms with van der Waals surface area (Å²) in [4.78, 5) is 0. The summed E-state index contributed by atoms with van der Waals surface area (Å²) in [5, 5.41) is 10.2. The summed E-state index contributed by atoms with van der Waals surface area (Å²) in [6, 6.07) is 1.72. The Morgan fingerprint density at radius 1 is 1.44 bits per heavy atom. The highest BCUT2D eigenvalue weighted by molar-refractivity contribution is 7.20. The first-order valence-corrected chi connectivity index (χ1v) is 6.85. The summed E-state index contributed by atoms with van der Waals surface area (Å²) in [6.07, 6.45) is 0.255. The third-order valence-electron chi connectivity index (χ3n) is 2.53. The van der Waals surface area contributed by atoms with E-state index in [0.29, 0.717) is 26.7 Å². The Morgan fingerprint density at radius 2 is 2.06 bits per heavy atom. The number of hydrogen-bond acceptors (Lipinski definition) is 3. The molecular formula is C11H17Cl2NOS. The van der Waals surface area contributed by atoms with Crippen LogP contribution < -0.4 is 5.73 Å². The fourth-order valence-corrected chi connectivity index (χ4v) is 3.31. The van der Waals surface area contributed by atoms with Crippen molar-refractivity contribution >= 4 is 34.5 Å². The van der Waals surface area contributed by atoms with Gasteiger partial charge in [-0.3, -0.25) is 0 Å². The van der Waals surface area contributed by atoms with Gasteiger partial charge in [0, 0.05) is 11.5 Å². The highest BCUT2D eigenvalue weighted by Crippen LogP contribution is 2.38. The number of hydrogen-bond donors (Lipinski definition) is 2. The zero-order valence-corrected chi connectivity index (χ0v) is 11.7. The van der Waals surface area contributed by atoms with E-state index in [-0.39, 0.29) is 5.92 Å². The van der Waals surface area contributed by atoms with Crippen LogP contribution in [0.2, 0.25) is 8.67 Å². The van der Waals surface area contributed by atoms with Gasteiger partial charge in [-0.25, -0.2) is 0 Å². The molecule has 0 saturated heterocycles. The van der Waals surface area contributed by atoms with E-state index in [1.807, 2.05) is 0 Å². The maximum absolute atomic E-state index is 10.2. The Hall–Kier alpha value is 0.200. The molecule has 1 aromatic rings. The molecule has 2 unspecified atom stereocenters. The number of aliphatic hydroxyl groups excluding tert-OH is 1. The minimum Gasteiger partial charge on any atom is -0.388 e.